The summed E-state index contributed by atoms with van der Waals surface area (Å²) in [4.78, 5) is 0. The molecule has 3 heterocycles. The van der Waals surface area contributed by atoms with E-state index in [1.165, 1.54) is 76.8 Å². The van der Waals surface area contributed by atoms with Gasteiger partial charge in [0.2, 0.25) is 0 Å². The highest BCUT2D eigenvalue weighted by molar-refractivity contribution is 6.12. The maximum Gasteiger partial charge on any atom is 0.135 e. The minimum absolute atomic E-state index is 0.174. The average molecular weight is 653 g/mol. The first kappa shape index (κ1) is 28.3. The first-order chi connectivity index (χ1) is 25.3. The third-order valence-electron chi connectivity index (χ3n) is 10.9. The van der Waals surface area contributed by atoms with Crippen LogP contribution in [0, 0.1) is 0 Å². The van der Waals surface area contributed by atoms with E-state index < -0.39 is 0 Å². The van der Waals surface area contributed by atoms with Gasteiger partial charge in [0.05, 0.1) is 17.1 Å². The molecule has 10 aromatic rings. The molecule has 0 N–H and O–H groups in total. The molecule has 0 spiro atoms. The molecule has 0 amide bonds. The number of hydrogen-bond donors (Lipinski definition) is 0. The van der Waals surface area contributed by atoms with E-state index in [1.54, 1.807) is 0 Å². The van der Waals surface area contributed by atoms with Crippen LogP contribution in [0.2, 0.25) is 0 Å². The van der Waals surface area contributed by atoms with Gasteiger partial charge in [0.15, 0.2) is 0 Å². The Morgan fingerprint density at radius 1 is 0.451 bits per heavy atom. The molecule has 0 aliphatic heterocycles. The molecule has 1 aliphatic carbocycles. The van der Waals surface area contributed by atoms with Crippen LogP contribution in [0.5, 0.6) is 0 Å². The predicted octanol–water partition coefficient (Wildman–Crippen LogP) is 12.8. The lowest BCUT2D eigenvalue weighted by Crippen LogP contribution is -2.12. The lowest BCUT2D eigenvalue weighted by Gasteiger charge is -2.21. The van der Waals surface area contributed by atoms with Crippen LogP contribution in [0.1, 0.15) is 17.4 Å². The Kier molecular flexibility index (Phi) is 6.08. The van der Waals surface area contributed by atoms with Gasteiger partial charge in [-0.05, 0) is 82.9 Å². The normalized spacial score (nSPS) is 14.3. The van der Waals surface area contributed by atoms with Gasteiger partial charge in [-0.3, -0.25) is 0 Å². The van der Waals surface area contributed by atoms with Gasteiger partial charge in [0.1, 0.15) is 11.3 Å². The van der Waals surface area contributed by atoms with Gasteiger partial charge in [0, 0.05) is 55.6 Å². The van der Waals surface area contributed by atoms with Crippen molar-refractivity contribution in [3.05, 3.63) is 181 Å². The third kappa shape index (κ3) is 4.31. The number of aromatic nitrogens is 2. The van der Waals surface area contributed by atoms with E-state index >= 15 is 0 Å². The van der Waals surface area contributed by atoms with Crippen LogP contribution < -0.4 is 0 Å². The highest BCUT2D eigenvalue weighted by Crippen LogP contribution is 2.42. The molecule has 0 saturated heterocycles. The van der Waals surface area contributed by atoms with Crippen molar-refractivity contribution in [2.24, 2.45) is 0 Å². The Labute approximate surface area is 294 Å². The third-order valence-corrected chi connectivity index (χ3v) is 10.9. The maximum absolute atomic E-state index is 6.50. The van der Waals surface area contributed by atoms with Crippen molar-refractivity contribution >= 4 is 60.7 Å². The van der Waals surface area contributed by atoms with Crippen LogP contribution in [0.15, 0.2) is 174 Å². The number of nitrogens with zero attached hydrogens (tertiary/aromatic N) is 2. The number of fused-ring (bicyclic) bond motifs is 9. The first-order valence-electron chi connectivity index (χ1n) is 17.7. The molecule has 0 saturated carbocycles. The Morgan fingerprint density at radius 3 is 1.63 bits per heavy atom. The largest absolute Gasteiger partial charge is 0.456 e. The summed E-state index contributed by atoms with van der Waals surface area (Å²) >= 11 is 0. The van der Waals surface area contributed by atoms with E-state index in [0.717, 1.165) is 23.5 Å². The second kappa shape index (κ2) is 11.0. The van der Waals surface area contributed by atoms with Crippen molar-refractivity contribution in [1.82, 2.24) is 9.13 Å². The van der Waals surface area contributed by atoms with Gasteiger partial charge in [-0.15, -0.1) is 0 Å². The molecular formula is C48H32N2O. The van der Waals surface area contributed by atoms with Crippen LogP contribution in [0.25, 0.3) is 88.6 Å². The number of rotatable bonds is 4. The zero-order valence-electron chi connectivity index (χ0n) is 27.8. The summed E-state index contributed by atoms with van der Waals surface area (Å²) in [5, 5.41) is 6.25. The van der Waals surface area contributed by atoms with Crippen LogP contribution >= 0.6 is 0 Å². The Hall–Kier alpha value is -6.58. The minimum Gasteiger partial charge on any atom is -0.456 e. The lowest BCUT2D eigenvalue weighted by atomic mass is 9.96. The number of hydrogen-bond acceptors (Lipinski definition) is 1. The fourth-order valence-electron chi connectivity index (χ4n) is 8.52. The fraction of sp³-hybridized carbons (Fsp3) is 0.0417. The zero-order chi connectivity index (χ0) is 33.5. The number of allylic oxidation sites excluding steroid dienone is 1. The van der Waals surface area contributed by atoms with E-state index in [-0.39, 0.29) is 6.04 Å². The van der Waals surface area contributed by atoms with Crippen molar-refractivity contribution in [3.63, 3.8) is 0 Å². The standard InChI is InChI=1S/C48H32N2O/c1-3-11-31(12-4-1)33-19-23-45-39(27-33)40-28-34(32-13-5-2-6-14-32)20-24-46(40)50(45)36-22-26-48-42(30-36)41-29-35(21-25-47(41)51-48)49-43-17-9-7-15-37(43)38-16-8-10-18-44(38)49/h1-28,30,35H,29H2. The molecule has 3 nitrogen and oxygen atoms in total. The molecule has 3 heteroatoms. The molecule has 11 rings (SSSR count). The summed E-state index contributed by atoms with van der Waals surface area (Å²) in [5.74, 6) is 0.960. The van der Waals surface area contributed by atoms with Gasteiger partial charge in [-0.25, -0.2) is 0 Å². The van der Waals surface area contributed by atoms with Gasteiger partial charge in [-0.1, -0.05) is 115 Å². The quantitative estimate of drug-likeness (QED) is 0.186. The van der Waals surface area contributed by atoms with Crippen LogP contribution in [-0.4, -0.2) is 9.13 Å². The van der Waals surface area contributed by atoms with E-state index in [1.807, 2.05) is 0 Å². The summed E-state index contributed by atoms with van der Waals surface area (Å²) in [6, 6.07) is 59.6. The molecule has 1 atom stereocenters. The Morgan fingerprint density at radius 2 is 1.02 bits per heavy atom. The van der Waals surface area contributed by atoms with Crippen LogP contribution in [0.3, 0.4) is 0 Å². The Bertz CT molecular complexity index is 2840. The molecule has 1 aliphatic rings. The van der Waals surface area contributed by atoms with Gasteiger partial charge < -0.3 is 13.6 Å². The van der Waals surface area contributed by atoms with Crippen molar-refractivity contribution < 1.29 is 4.42 Å². The topological polar surface area (TPSA) is 23.0 Å². The summed E-state index contributed by atoms with van der Waals surface area (Å²) in [7, 11) is 0. The summed E-state index contributed by atoms with van der Waals surface area (Å²) < 4.78 is 11.4. The van der Waals surface area contributed by atoms with E-state index in [2.05, 4.69) is 185 Å². The van der Waals surface area contributed by atoms with Crippen molar-refractivity contribution in [2.75, 3.05) is 0 Å². The van der Waals surface area contributed by atoms with Crippen molar-refractivity contribution in [2.45, 2.75) is 12.5 Å². The van der Waals surface area contributed by atoms with Crippen LogP contribution in [0.4, 0.5) is 0 Å². The molecule has 0 fully saturated rings. The summed E-state index contributed by atoms with van der Waals surface area (Å²) in [6.45, 7) is 0. The smallest absolute Gasteiger partial charge is 0.135 e. The second-order valence-corrected chi connectivity index (χ2v) is 13.7. The van der Waals surface area contributed by atoms with E-state index in [4.69, 9.17) is 4.42 Å². The number of para-hydroxylation sites is 2. The van der Waals surface area contributed by atoms with Gasteiger partial charge in [-0.2, -0.15) is 0 Å². The highest BCUT2D eigenvalue weighted by atomic mass is 16.3. The highest BCUT2D eigenvalue weighted by Gasteiger charge is 2.25. The van der Waals surface area contributed by atoms with Crippen LogP contribution in [-0.2, 0) is 6.42 Å². The van der Waals surface area contributed by atoms with Gasteiger partial charge in [0.25, 0.3) is 0 Å². The lowest BCUT2D eigenvalue weighted by molar-refractivity contribution is 0.572. The molecule has 0 radical (unpaired) electrons. The SMILES string of the molecule is C1=CC(n2c3ccccc3c3ccccc32)Cc2c1oc1ccc(-n3c4ccc(-c5ccccc5)cc4c4cc(-c5ccccc5)ccc43)cc21. The maximum atomic E-state index is 6.50. The molecule has 240 valence electrons. The second-order valence-electron chi connectivity index (χ2n) is 13.7. The van der Waals surface area contributed by atoms with E-state index in [9.17, 15) is 0 Å². The van der Waals surface area contributed by atoms with Crippen molar-refractivity contribution in [1.29, 1.82) is 0 Å². The monoisotopic (exact) mass is 652 g/mol. The number of benzene rings is 7. The Balaban J connectivity index is 1.09. The summed E-state index contributed by atoms with van der Waals surface area (Å²) in [5.41, 5.74) is 13.1. The first-order valence-corrected chi connectivity index (χ1v) is 17.7. The molecular weight excluding hydrogens is 621 g/mol. The molecule has 1 unspecified atom stereocenters. The fourth-order valence-corrected chi connectivity index (χ4v) is 8.52. The molecule has 51 heavy (non-hydrogen) atoms. The predicted molar refractivity (Wildman–Crippen MR) is 213 cm³/mol. The molecule has 3 aromatic heterocycles. The average Bonchev–Trinajstić information content (AvgIpc) is 3.85. The minimum atomic E-state index is 0.174. The van der Waals surface area contributed by atoms with Gasteiger partial charge >= 0.3 is 0 Å². The molecule has 7 aromatic carbocycles. The zero-order valence-corrected chi connectivity index (χ0v) is 27.8. The summed E-state index contributed by atoms with van der Waals surface area (Å²) in [6.07, 6.45) is 5.36. The molecule has 0 bridgehead atoms. The number of furan rings is 1. The van der Waals surface area contributed by atoms with E-state index in [0.29, 0.717) is 0 Å². The van der Waals surface area contributed by atoms with Crippen molar-refractivity contribution in [3.8, 4) is 27.9 Å².